The van der Waals surface area contributed by atoms with Crippen molar-refractivity contribution in [2.24, 2.45) is 0 Å². The number of carbonyl (C=O) groups excluding carboxylic acids is 1. The van der Waals surface area contributed by atoms with Crippen LogP contribution in [0, 0.1) is 4.77 Å². The van der Waals surface area contributed by atoms with Gasteiger partial charge >= 0.3 is 0 Å². The van der Waals surface area contributed by atoms with Gasteiger partial charge in [-0.3, -0.25) is 14.2 Å². The number of hydrogen-bond donors (Lipinski definition) is 2. The highest BCUT2D eigenvalue weighted by Crippen LogP contribution is 2.30. The van der Waals surface area contributed by atoms with Crippen molar-refractivity contribution < 1.29 is 14.3 Å². The first-order chi connectivity index (χ1) is 13.4. The van der Waals surface area contributed by atoms with Crippen molar-refractivity contribution in [3.05, 3.63) is 44.3 Å². The van der Waals surface area contributed by atoms with E-state index < -0.39 is 6.04 Å². The predicted octanol–water partition coefficient (Wildman–Crippen LogP) is 3.90. The van der Waals surface area contributed by atoms with Gasteiger partial charge in [-0.25, -0.2) is 0 Å². The van der Waals surface area contributed by atoms with E-state index in [4.69, 9.17) is 21.7 Å². The van der Waals surface area contributed by atoms with E-state index in [0.717, 1.165) is 16.1 Å². The molecule has 148 valence electrons. The van der Waals surface area contributed by atoms with Crippen molar-refractivity contribution in [1.82, 2.24) is 9.55 Å². The second-order valence-electron chi connectivity index (χ2n) is 6.15. The lowest BCUT2D eigenvalue weighted by atomic mass is 10.2. The van der Waals surface area contributed by atoms with E-state index in [1.165, 1.54) is 30.1 Å². The first-order valence-electron chi connectivity index (χ1n) is 8.69. The number of carbonyl (C=O) groups is 1. The van der Waals surface area contributed by atoms with Gasteiger partial charge in [0.2, 0.25) is 5.91 Å². The first kappa shape index (κ1) is 20.1. The minimum Gasteiger partial charge on any atom is -0.493 e. The van der Waals surface area contributed by atoms with Crippen LogP contribution in [-0.2, 0) is 11.2 Å². The van der Waals surface area contributed by atoms with Crippen molar-refractivity contribution in [3.8, 4) is 11.5 Å². The van der Waals surface area contributed by atoms with Crippen molar-refractivity contribution >= 4 is 45.4 Å². The maximum atomic E-state index is 12.9. The van der Waals surface area contributed by atoms with Crippen LogP contribution in [0.2, 0.25) is 0 Å². The highest BCUT2D eigenvalue weighted by Gasteiger charge is 2.20. The van der Waals surface area contributed by atoms with Crippen LogP contribution in [0.15, 0.2) is 29.1 Å². The Kier molecular flexibility index (Phi) is 5.85. The molecule has 2 aromatic heterocycles. The highest BCUT2D eigenvalue weighted by molar-refractivity contribution is 7.71. The summed E-state index contributed by atoms with van der Waals surface area (Å²) in [6, 6.07) is 6.11. The van der Waals surface area contributed by atoms with E-state index >= 15 is 0 Å². The fourth-order valence-corrected chi connectivity index (χ4v) is 4.27. The molecule has 28 heavy (non-hydrogen) atoms. The van der Waals surface area contributed by atoms with Gasteiger partial charge in [0.25, 0.3) is 5.56 Å². The normalized spacial score (nSPS) is 12.0. The molecule has 1 unspecified atom stereocenters. The molecule has 2 heterocycles. The predicted molar refractivity (Wildman–Crippen MR) is 114 cm³/mol. The lowest BCUT2D eigenvalue weighted by Crippen LogP contribution is -2.32. The number of aromatic amines is 1. The van der Waals surface area contributed by atoms with Crippen molar-refractivity contribution in [3.63, 3.8) is 0 Å². The van der Waals surface area contributed by atoms with Gasteiger partial charge in [-0.05, 0) is 43.8 Å². The summed E-state index contributed by atoms with van der Waals surface area (Å²) < 4.78 is 12.0. The summed E-state index contributed by atoms with van der Waals surface area (Å²) in [4.78, 5) is 30.6. The number of ether oxygens (including phenoxy) is 2. The summed E-state index contributed by atoms with van der Waals surface area (Å²) in [5, 5.41) is 3.34. The number of rotatable bonds is 6. The van der Waals surface area contributed by atoms with Crippen LogP contribution >= 0.6 is 23.6 Å². The maximum absolute atomic E-state index is 12.9. The highest BCUT2D eigenvalue weighted by atomic mass is 32.1. The molecule has 0 aliphatic carbocycles. The van der Waals surface area contributed by atoms with Gasteiger partial charge in [0.05, 0.1) is 19.6 Å². The van der Waals surface area contributed by atoms with Crippen molar-refractivity contribution in [2.75, 3.05) is 19.5 Å². The Labute approximate surface area is 170 Å². The molecule has 3 rings (SSSR count). The molecule has 7 nitrogen and oxygen atoms in total. The number of aryl methyl sites for hydroxylation is 1. The molecule has 0 radical (unpaired) electrons. The van der Waals surface area contributed by atoms with Crippen LogP contribution in [0.25, 0.3) is 10.2 Å². The van der Waals surface area contributed by atoms with Gasteiger partial charge < -0.3 is 19.8 Å². The second-order valence-corrected chi connectivity index (χ2v) is 7.67. The number of nitrogens with one attached hydrogen (secondary N) is 2. The zero-order valence-electron chi connectivity index (χ0n) is 16.0. The summed E-state index contributed by atoms with van der Waals surface area (Å²) in [6.45, 7) is 3.66. The average molecular weight is 420 g/mol. The molecule has 1 amide bonds. The zero-order chi connectivity index (χ0) is 20.4. The molecule has 0 saturated carbocycles. The number of amides is 1. The van der Waals surface area contributed by atoms with Crippen LogP contribution in [0.3, 0.4) is 0 Å². The number of methoxy groups -OCH3 is 2. The lowest BCUT2D eigenvalue weighted by Gasteiger charge is -2.16. The van der Waals surface area contributed by atoms with Crippen LogP contribution in [0.5, 0.6) is 11.5 Å². The summed E-state index contributed by atoms with van der Waals surface area (Å²) in [6.07, 6.45) is 0.828. The van der Waals surface area contributed by atoms with E-state index in [9.17, 15) is 9.59 Å². The number of fused-ring (bicyclic) bond motifs is 1. The van der Waals surface area contributed by atoms with Gasteiger partial charge in [-0.15, -0.1) is 11.3 Å². The largest absolute Gasteiger partial charge is 0.493 e. The van der Waals surface area contributed by atoms with E-state index in [2.05, 4.69) is 10.3 Å². The molecular weight excluding hydrogens is 398 g/mol. The summed E-state index contributed by atoms with van der Waals surface area (Å²) >= 11 is 6.85. The Morgan fingerprint density at radius 3 is 2.64 bits per heavy atom. The molecular formula is C19H21N3O4S2. The molecule has 0 bridgehead atoms. The van der Waals surface area contributed by atoms with E-state index in [0.29, 0.717) is 22.6 Å². The SMILES string of the molecule is CCc1cc2c(=O)n(C(C)C(=O)Nc3ccc(OC)c(OC)c3)c(=S)[nH]c2s1. The molecule has 0 aliphatic heterocycles. The summed E-state index contributed by atoms with van der Waals surface area (Å²) in [5.74, 6) is 0.690. The van der Waals surface area contributed by atoms with Crippen LogP contribution < -0.4 is 20.3 Å². The Bertz CT molecular complexity index is 1150. The van der Waals surface area contributed by atoms with Gasteiger partial charge in [-0.2, -0.15) is 0 Å². The molecule has 9 heteroatoms. The monoisotopic (exact) mass is 419 g/mol. The van der Waals surface area contributed by atoms with Gasteiger partial charge in [0.1, 0.15) is 10.9 Å². The summed E-state index contributed by atoms with van der Waals surface area (Å²) in [7, 11) is 3.06. The standard InChI is InChI=1S/C19H21N3O4S2/c1-5-12-9-13-17(28-12)21-19(27)22(18(13)24)10(2)16(23)20-11-6-7-14(25-3)15(8-11)26-4/h6-10H,5H2,1-4H3,(H,20,23)(H,21,27). The molecule has 1 aromatic carbocycles. The lowest BCUT2D eigenvalue weighted by molar-refractivity contribution is -0.118. The Balaban J connectivity index is 1.93. The number of hydrogen-bond acceptors (Lipinski definition) is 6. The van der Waals surface area contributed by atoms with Crippen molar-refractivity contribution in [2.45, 2.75) is 26.3 Å². The number of benzene rings is 1. The van der Waals surface area contributed by atoms with E-state index in [1.54, 1.807) is 25.1 Å². The Hall–Kier alpha value is -2.65. The third kappa shape index (κ3) is 3.67. The Morgan fingerprint density at radius 2 is 2.00 bits per heavy atom. The molecule has 1 atom stereocenters. The fourth-order valence-electron chi connectivity index (χ4n) is 2.88. The van der Waals surface area contributed by atoms with Crippen molar-refractivity contribution in [1.29, 1.82) is 0 Å². The Morgan fingerprint density at radius 1 is 1.29 bits per heavy atom. The van der Waals surface area contributed by atoms with Crippen LogP contribution in [0.1, 0.15) is 24.8 Å². The number of aromatic nitrogens is 2. The number of anilines is 1. The van der Waals surface area contributed by atoms with E-state index in [-0.39, 0.29) is 16.2 Å². The van der Waals surface area contributed by atoms with Gasteiger partial charge in [0, 0.05) is 16.6 Å². The third-order valence-electron chi connectivity index (χ3n) is 4.44. The smallest absolute Gasteiger partial charge is 0.263 e. The summed E-state index contributed by atoms with van der Waals surface area (Å²) in [5.41, 5.74) is 0.256. The number of nitrogens with zero attached hydrogens (tertiary/aromatic N) is 1. The molecule has 0 aliphatic rings. The average Bonchev–Trinajstić information content (AvgIpc) is 3.11. The topological polar surface area (TPSA) is 85.3 Å². The molecule has 2 N–H and O–H groups in total. The minimum atomic E-state index is -0.793. The number of thiophene rings is 1. The minimum absolute atomic E-state index is 0.219. The fraction of sp³-hybridized carbons (Fsp3) is 0.316. The molecule has 0 fully saturated rings. The zero-order valence-corrected chi connectivity index (χ0v) is 17.6. The third-order valence-corrected chi connectivity index (χ3v) is 5.93. The molecule has 0 spiro atoms. The maximum Gasteiger partial charge on any atom is 0.263 e. The van der Waals surface area contributed by atoms with Gasteiger partial charge in [-0.1, -0.05) is 6.92 Å². The number of H-pyrrole nitrogens is 1. The first-order valence-corrected chi connectivity index (χ1v) is 9.92. The van der Waals surface area contributed by atoms with E-state index in [1.807, 2.05) is 13.0 Å². The van der Waals surface area contributed by atoms with Crippen LogP contribution in [-0.4, -0.2) is 29.7 Å². The molecule has 0 saturated heterocycles. The molecule has 3 aromatic rings. The van der Waals surface area contributed by atoms with Gasteiger partial charge in [0.15, 0.2) is 16.3 Å². The second kappa shape index (κ2) is 8.15. The van der Waals surface area contributed by atoms with Crippen LogP contribution in [0.4, 0.5) is 5.69 Å². The quantitative estimate of drug-likeness (QED) is 0.592.